The molecule has 0 saturated heterocycles. The van der Waals surface area contributed by atoms with E-state index in [1.54, 1.807) is 0 Å². The second kappa shape index (κ2) is 5.64. The van der Waals surface area contributed by atoms with Gasteiger partial charge in [-0.1, -0.05) is 31.4 Å². The minimum atomic E-state index is -0.0248. The lowest BCUT2D eigenvalue weighted by Gasteiger charge is -2.17. The zero-order valence-electron chi connectivity index (χ0n) is 11.0. The van der Waals surface area contributed by atoms with Crippen molar-refractivity contribution in [3.63, 3.8) is 0 Å². The molecule has 1 aliphatic carbocycles. The Balaban J connectivity index is 2.17. The molecule has 2 atom stereocenters. The van der Waals surface area contributed by atoms with Gasteiger partial charge in [0.05, 0.1) is 0 Å². The fourth-order valence-corrected chi connectivity index (χ4v) is 2.77. The molecular weight excluding hydrogens is 259 g/mol. The van der Waals surface area contributed by atoms with Crippen molar-refractivity contribution in [3.8, 4) is 0 Å². The molecule has 0 aliphatic heterocycles. The number of thiocarbonyl (C=S) groups is 1. The minimum absolute atomic E-state index is 0.0248. The zero-order chi connectivity index (χ0) is 13.3. The first kappa shape index (κ1) is 13.9. The van der Waals surface area contributed by atoms with Crippen molar-refractivity contribution in [2.24, 2.45) is 11.7 Å². The number of rotatable bonds is 4. The second-order valence-corrected chi connectivity index (χ2v) is 6.51. The number of hydrogen-bond donors (Lipinski definition) is 2. The molecule has 4 heteroatoms. The van der Waals surface area contributed by atoms with Crippen LogP contribution in [0.15, 0.2) is 11.5 Å². The van der Waals surface area contributed by atoms with E-state index >= 15 is 0 Å². The van der Waals surface area contributed by atoms with E-state index in [9.17, 15) is 0 Å². The van der Waals surface area contributed by atoms with Crippen LogP contribution in [-0.4, -0.2) is 15.9 Å². The average Bonchev–Trinajstić information content (AvgIpc) is 2.70. The highest BCUT2D eigenvalue weighted by Crippen LogP contribution is 2.29. The summed E-state index contributed by atoms with van der Waals surface area (Å²) in [6, 6.07) is -0.0248. The molecule has 0 saturated carbocycles. The van der Waals surface area contributed by atoms with E-state index in [4.69, 9.17) is 18.0 Å². The van der Waals surface area contributed by atoms with Crippen molar-refractivity contribution < 1.29 is 0 Å². The normalized spacial score (nSPS) is 16.4. The second-order valence-electron chi connectivity index (χ2n) is 5.29. The third kappa shape index (κ3) is 2.90. The van der Waals surface area contributed by atoms with E-state index in [-0.39, 0.29) is 6.04 Å². The van der Waals surface area contributed by atoms with E-state index in [0.29, 0.717) is 5.92 Å². The summed E-state index contributed by atoms with van der Waals surface area (Å²) in [5.74, 6) is 0.373. The van der Waals surface area contributed by atoms with E-state index < -0.39 is 0 Å². The molecule has 1 heterocycles. The Morgan fingerprint density at radius 1 is 1.50 bits per heavy atom. The largest absolute Gasteiger partial charge is 0.364 e. The van der Waals surface area contributed by atoms with Gasteiger partial charge in [-0.3, -0.25) is 0 Å². The molecular formula is C14H21N2PS. The molecule has 18 heavy (non-hydrogen) atoms. The Bertz CT molecular complexity index is 488. The molecule has 0 radical (unpaired) electrons. The van der Waals surface area contributed by atoms with Crippen molar-refractivity contribution in [2.45, 2.75) is 39.2 Å². The van der Waals surface area contributed by atoms with E-state index in [0.717, 1.165) is 24.1 Å². The number of aromatic nitrogens is 1. The van der Waals surface area contributed by atoms with Crippen LogP contribution in [0.3, 0.4) is 0 Å². The minimum Gasteiger partial charge on any atom is -0.364 e. The molecule has 1 aromatic heterocycles. The first-order valence-electron chi connectivity index (χ1n) is 6.43. The van der Waals surface area contributed by atoms with Crippen LogP contribution in [0.4, 0.5) is 0 Å². The first-order chi connectivity index (χ1) is 8.49. The van der Waals surface area contributed by atoms with Gasteiger partial charge in [0, 0.05) is 22.8 Å². The molecule has 2 unspecified atom stereocenters. The SMILES string of the molecule is CC(C)C(=S)C(N)Cc1c[nH]c2c1C=C(P)CC2. The maximum absolute atomic E-state index is 6.20. The van der Waals surface area contributed by atoms with Gasteiger partial charge in [0.15, 0.2) is 0 Å². The van der Waals surface area contributed by atoms with Crippen LogP contribution in [0.1, 0.15) is 37.1 Å². The number of fused-ring (bicyclic) bond motifs is 1. The van der Waals surface area contributed by atoms with E-state index in [2.05, 4.69) is 40.3 Å². The fourth-order valence-electron chi connectivity index (χ4n) is 2.37. The molecule has 0 fully saturated rings. The molecule has 0 aromatic carbocycles. The Morgan fingerprint density at radius 3 is 2.89 bits per heavy atom. The zero-order valence-corrected chi connectivity index (χ0v) is 13.0. The number of aromatic amines is 1. The number of nitrogens with two attached hydrogens (primary N) is 1. The molecule has 0 amide bonds. The predicted octanol–water partition coefficient (Wildman–Crippen LogP) is 3.07. The van der Waals surface area contributed by atoms with E-state index in [1.807, 2.05) is 0 Å². The van der Waals surface area contributed by atoms with Crippen molar-refractivity contribution in [1.29, 1.82) is 0 Å². The average molecular weight is 280 g/mol. The number of H-pyrrole nitrogens is 1. The number of allylic oxidation sites excluding steroid dienone is 1. The first-order valence-corrected chi connectivity index (χ1v) is 7.42. The standard InChI is InChI=1S/C14H21N2PS/c1-8(2)14(18)12(15)5-9-7-16-13-4-3-10(17)6-11(9)13/h6-8,12,16H,3-5,15,17H2,1-2H3. The fraction of sp³-hybridized carbons (Fsp3) is 0.500. The van der Waals surface area contributed by atoms with Gasteiger partial charge in [-0.2, -0.15) is 0 Å². The molecule has 0 spiro atoms. The Labute approximate surface area is 117 Å². The van der Waals surface area contributed by atoms with Crippen molar-refractivity contribution >= 4 is 32.4 Å². The Kier molecular flexibility index (Phi) is 4.37. The summed E-state index contributed by atoms with van der Waals surface area (Å²) in [6.07, 6.45) is 7.38. The smallest absolute Gasteiger partial charge is 0.0403 e. The van der Waals surface area contributed by atoms with Gasteiger partial charge in [0.25, 0.3) is 0 Å². The lowest BCUT2D eigenvalue weighted by molar-refractivity contribution is 0.780. The Hall–Kier alpha value is -0.500. The summed E-state index contributed by atoms with van der Waals surface area (Å²) in [7, 11) is 2.81. The van der Waals surface area contributed by atoms with Crippen molar-refractivity contribution in [1.82, 2.24) is 4.98 Å². The Morgan fingerprint density at radius 2 is 2.22 bits per heavy atom. The van der Waals surface area contributed by atoms with Gasteiger partial charge < -0.3 is 10.7 Å². The van der Waals surface area contributed by atoms with Crippen LogP contribution < -0.4 is 5.73 Å². The molecule has 3 N–H and O–H groups in total. The molecule has 1 aliphatic rings. The van der Waals surface area contributed by atoms with Gasteiger partial charge in [-0.25, -0.2) is 0 Å². The number of aryl methyl sites for hydroxylation is 1. The van der Waals surface area contributed by atoms with Crippen LogP contribution in [0.25, 0.3) is 6.08 Å². The van der Waals surface area contributed by atoms with Crippen LogP contribution in [0.2, 0.25) is 0 Å². The number of nitrogens with one attached hydrogen (secondary N) is 1. The van der Waals surface area contributed by atoms with Gasteiger partial charge in [-0.05, 0) is 42.4 Å². The summed E-state index contributed by atoms with van der Waals surface area (Å²) in [6.45, 7) is 4.21. The summed E-state index contributed by atoms with van der Waals surface area (Å²) < 4.78 is 0. The van der Waals surface area contributed by atoms with E-state index in [1.165, 1.54) is 22.1 Å². The molecule has 0 bridgehead atoms. The third-order valence-electron chi connectivity index (χ3n) is 3.46. The summed E-state index contributed by atoms with van der Waals surface area (Å²) in [4.78, 5) is 4.34. The highest BCUT2D eigenvalue weighted by Gasteiger charge is 2.18. The van der Waals surface area contributed by atoms with Gasteiger partial charge in [0.1, 0.15) is 0 Å². The van der Waals surface area contributed by atoms with Gasteiger partial charge >= 0.3 is 0 Å². The summed E-state index contributed by atoms with van der Waals surface area (Å²) >= 11 is 5.40. The monoisotopic (exact) mass is 280 g/mol. The maximum Gasteiger partial charge on any atom is 0.0403 e. The predicted molar refractivity (Wildman–Crippen MR) is 85.9 cm³/mol. The summed E-state index contributed by atoms with van der Waals surface area (Å²) in [5.41, 5.74) is 10.1. The van der Waals surface area contributed by atoms with Gasteiger partial charge in [-0.15, -0.1) is 9.24 Å². The lowest BCUT2D eigenvalue weighted by atomic mass is 9.94. The van der Waals surface area contributed by atoms with Crippen LogP contribution >= 0.6 is 21.5 Å². The lowest BCUT2D eigenvalue weighted by Crippen LogP contribution is -2.34. The van der Waals surface area contributed by atoms with Crippen molar-refractivity contribution in [2.75, 3.05) is 0 Å². The highest BCUT2D eigenvalue weighted by molar-refractivity contribution is 7.80. The van der Waals surface area contributed by atoms with Crippen LogP contribution in [0.5, 0.6) is 0 Å². The maximum atomic E-state index is 6.20. The molecule has 98 valence electrons. The van der Waals surface area contributed by atoms with Gasteiger partial charge in [0.2, 0.25) is 0 Å². The molecule has 1 aromatic rings. The van der Waals surface area contributed by atoms with Crippen molar-refractivity contribution in [3.05, 3.63) is 28.3 Å². The summed E-state index contributed by atoms with van der Waals surface area (Å²) in [5, 5.41) is 1.36. The molecule has 2 rings (SSSR count). The van der Waals surface area contributed by atoms with Crippen LogP contribution in [-0.2, 0) is 12.8 Å². The molecule has 2 nitrogen and oxygen atoms in total. The quantitative estimate of drug-likeness (QED) is 0.657. The number of hydrogen-bond acceptors (Lipinski definition) is 2. The topological polar surface area (TPSA) is 41.8 Å². The highest BCUT2D eigenvalue weighted by atomic mass is 32.1. The third-order valence-corrected chi connectivity index (χ3v) is 4.69. The van der Waals surface area contributed by atoms with Crippen LogP contribution in [0, 0.1) is 5.92 Å².